The van der Waals surface area contributed by atoms with Crippen LogP contribution >= 0.6 is 0 Å². The van der Waals surface area contributed by atoms with Gasteiger partial charge in [0.25, 0.3) is 0 Å². The first-order valence-electron chi connectivity index (χ1n) is 9.01. The van der Waals surface area contributed by atoms with Crippen LogP contribution in [0.1, 0.15) is 77.6 Å². The maximum atomic E-state index is 12.6. The Balaban J connectivity index is 1.75. The quantitative estimate of drug-likeness (QED) is 0.811. The zero-order chi connectivity index (χ0) is 15.3. The molecular formula is C18H33NO2. The maximum Gasteiger partial charge on any atom is 0.225 e. The summed E-state index contributed by atoms with van der Waals surface area (Å²) in [5.41, 5.74) is -0.608. The molecule has 2 saturated carbocycles. The number of hydrogen-bond acceptors (Lipinski definition) is 2. The van der Waals surface area contributed by atoms with Crippen molar-refractivity contribution < 1.29 is 9.90 Å². The maximum absolute atomic E-state index is 12.6. The summed E-state index contributed by atoms with van der Waals surface area (Å²) < 4.78 is 0. The second-order valence-electron chi connectivity index (χ2n) is 7.49. The Labute approximate surface area is 130 Å². The Morgan fingerprint density at radius 3 is 2.38 bits per heavy atom. The molecule has 3 heteroatoms. The van der Waals surface area contributed by atoms with Gasteiger partial charge in [0.1, 0.15) is 0 Å². The Morgan fingerprint density at radius 2 is 1.81 bits per heavy atom. The van der Waals surface area contributed by atoms with Gasteiger partial charge in [-0.2, -0.15) is 0 Å². The van der Waals surface area contributed by atoms with E-state index in [0.29, 0.717) is 6.54 Å². The van der Waals surface area contributed by atoms with Crippen LogP contribution in [-0.2, 0) is 4.79 Å². The van der Waals surface area contributed by atoms with Crippen molar-refractivity contribution >= 4 is 5.91 Å². The molecule has 1 amide bonds. The molecule has 0 saturated heterocycles. The minimum absolute atomic E-state index is 0.206. The van der Waals surface area contributed by atoms with Crippen molar-refractivity contribution in [2.45, 2.75) is 83.2 Å². The van der Waals surface area contributed by atoms with Gasteiger partial charge in [0.15, 0.2) is 0 Å². The molecule has 21 heavy (non-hydrogen) atoms. The van der Waals surface area contributed by atoms with Crippen molar-refractivity contribution in [2.24, 2.45) is 11.8 Å². The first kappa shape index (κ1) is 16.8. The molecule has 0 radical (unpaired) electrons. The van der Waals surface area contributed by atoms with Gasteiger partial charge in [0.05, 0.1) is 5.60 Å². The average molecular weight is 295 g/mol. The lowest BCUT2D eigenvalue weighted by Crippen LogP contribution is -2.44. The van der Waals surface area contributed by atoms with E-state index in [1.807, 2.05) is 11.9 Å². The average Bonchev–Trinajstić information content (AvgIpc) is 2.91. The van der Waals surface area contributed by atoms with E-state index in [0.717, 1.165) is 44.4 Å². The van der Waals surface area contributed by atoms with Crippen LogP contribution < -0.4 is 0 Å². The van der Waals surface area contributed by atoms with E-state index in [4.69, 9.17) is 0 Å². The van der Waals surface area contributed by atoms with Crippen molar-refractivity contribution in [3.63, 3.8) is 0 Å². The van der Waals surface area contributed by atoms with Gasteiger partial charge in [-0.3, -0.25) is 4.79 Å². The molecule has 0 aliphatic heterocycles. The van der Waals surface area contributed by atoms with Gasteiger partial charge in [-0.1, -0.05) is 39.0 Å². The number of carbonyl (C=O) groups is 1. The normalized spacial score (nSPS) is 28.5. The topological polar surface area (TPSA) is 40.5 Å². The van der Waals surface area contributed by atoms with Crippen LogP contribution in [0.25, 0.3) is 0 Å². The van der Waals surface area contributed by atoms with Crippen molar-refractivity contribution in [3.05, 3.63) is 0 Å². The van der Waals surface area contributed by atoms with Crippen LogP contribution in [0.4, 0.5) is 0 Å². The van der Waals surface area contributed by atoms with Gasteiger partial charge in [0, 0.05) is 19.5 Å². The van der Waals surface area contributed by atoms with Gasteiger partial charge in [-0.25, -0.2) is 0 Å². The van der Waals surface area contributed by atoms with E-state index >= 15 is 0 Å². The predicted molar refractivity (Wildman–Crippen MR) is 86.0 cm³/mol. The number of nitrogens with zero attached hydrogens (tertiary/aromatic N) is 1. The van der Waals surface area contributed by atoms with E-state index in [9.17, 15) is 9.90 Å². The summed E-state index contributed by atoms with van der Waals surface area (Å²) in [6.45, 7) is 2.78. The van der Waals surface area contributed by atoms with Crippen LogP contribution in [0.5, 0.6) is 0 Å². The lowest BCUT2D eigenvalue weighted by atomic mass is 9.79. The smallest absolute Gasteiger partial charge is 0.225 e. The van der Waals surface area contributed by atoms with Crippen LogP contribution in [0.3, 0.4) is 0 Å². The Bertz CT molecular complexity index is 328. The summed E-state index contributed by atoms with van der Waals surface area (Å²) in [5.74, 6) is 1.32. The lowest BCUT2D eigenvalue weighted by molar-refractivity contribution is -0.138. The summed E-state index contributed by atoms with van der Waals surface area (Å²) in [6.07, 6.45) is 12.4. The Hall–Kier alpha value is -0.570. The second kappa shape index (κ2) is 7.62. The highest BCUT2D eigenvalue weighted by atomic mass is 16.3. The molecule has 0 bridgehead atoms. The van der Waals surface area contributed by atoms with E-state index < -0.39 is 5.60 Å². The molecule has 0 heterocycles. The predicted octanol–water partition coefficient (Wildman–Crippen LogP) is 3.75. The monoisotopic (exact) mass is 295 g/mol. The minimum Gasteiger partial charge on any atom is -0.388 e. The molecule has 2 aliphatic rings. The number of hydrogen-bond donors (Lipinski definition) is 1. The summed E-state index contributed by atoms with van der Waals surface area (Å²) in [5, 5.41) is 10.5. The van der Waals surface area contributed by atoms with E-state index in [2.05, 4.69) is 6.92 Å². The minimum atomic E-state index is -0.608. The van der Waals surface area contributed by atoms with Crippen molar-refractivity contribution in [1.82, 2.24) is 4.90 Å². The number of likely N-dealkylation sites (N-methyl/N-ethyl adjacent to an activating group) is 1. The highest BCUT2D eigenvalue weighted by molar-refractivity contribution is 5.78. The van der Waals surface area contributed by atoms with E-state index in [-0.39, 0.29) is 11.8 Å². The molecule has 0 aromatic rings. The number of aliphatic hydroxyl groups is 1. The number of rotatable bonds is 6. The Kier molecular flexibility index (Phi) is 6.09. The molecule has 122 valence electrons. The summed E-state index contributed by atoms with van der Waals surface area (Å²) in [7, 11) is 1.88. The third-order valence-electron chi connectivity index (χ3n) is 5.60. The van der Waals surface area contributed by atoms with Crippen LogP contribution in [0, 0.1) is 11.8 Å². The highest BCUT2D eigenvalue weighted by Crippen LogP contribution is 2.34. The van der Waals surface area contributed by atoms with Gasteiger partial charge >= 0.3 is 0 Å². The van der Waals surface area contributed by atoms with Gasteiger partial charge < -0.3 is 10.0 Å². The van der Waals surface area contributed by atoms with E-state index in [1.54, 1.807) is 0 Å². The summed E-state index contributed by atoms with van der Waals surface area (Å²) in [4.78, 5) is 14.4. The summed E-state index contributed by atoms with van der Waals surface area (Å²) in [6, 6.07) is 0. The SMILES string of the molecule is CCCCC1CCC(C(=O)N(C)CC2(O)CCCC2)CC1. The van der Waals surface area contributed by atoms with Gasteiger partial charge in [-0.05, 0) is 44.4 Å². The van der Waals surface area contributed by atoms with Gasteiger partial charge in [-0.15, -0.1) is 0 Å². The molecule has 2 fully saturated rings. The molecule has 2 rings (SSSR count). The lowest BCUT2D eigenvalue weighted by Gasteiger charge is -2.34. The van der Waals surface area contributed by atoms with Crippen LogP contribution in [0.15, 0.2) is 0 Å². The van der Waals surface area contributed by atoms with Crippen molar-refractivity contribution in [2.75, 3.05) is 13.6 Å². The molecule has 0 unspecified atom stereocenters. The number of unbranched alkanes of at least 4 members (excludes halogenated alkanes) is 1. The third-order valence-corrected chi connectivity index (χ3v) is 5.60. The fourth-order valence-corrected chi connectivity index (χ4v) is 4.21. The van der Waals surface area contributed by atoms with Crippen molar-refractivity contribution in [1.29, 1.82) is 0 Å². The molecule has 0 atom stereocenters. The molecule has 0 aromatic carbocycles. The zero-order valence-corrected chi connectivity index (χ0v) is 13.9. The zero-order valence-electron chi connectivity index (χ0n) is 13.9. The standard InChI is InChI=1S/C18H33NO2/c1-3-4-7-15-8-10-16(11-9-15)17(20)19(2)14-18(21)12-5-6-13-18/h15-16,21H,3-14H2,1-2H3. The first-order chi connectivity index (χ1) is 10.0. The van der Waals surface area contributed by atoms with E-state index in [1.165, 1.54) is 32.1 Å². The summed E-state index contributed by atoms with van der Waals surface area (Å²) >= 11 is 0. The highest BCUT2D eigenvalue weighted by Gasteiger charge is 2.35. The van der Waals surface area contributed by atoms with Gasteiger partial charge in [0.2, 0.25) is 5.91 Å². The number of carbonyl (C=O) groups excluding carboxylic acids is 1. The fraction of sp³-hybridized carbons (Fsp3) is 0.944. The second-order valence-corrected chi connectivity index (χ2v) is 7.49. The van der Waals surface area contributed by atoms with Crippen LogP contribution in [0.2, 0.25) is 0 Å². The first-order valence-corrected chi connectivity index (χ1v) is 9.01. The largest absolute Gasteiger partial charge is 0.388 e. The molecule has 1 N–H and O–H groups in total. The Morgan fingerprint density at radius 1 is 1.19 bits per heavy atom. The molecular weight excluding hydrogens is 262 g/mol. The van der Waals surface area contributed by atoms with Crippen molar-refractivity contribution in [3.8, 4) is 0 Å². The molecule has 0 aromatic heterocycles. The molecule has 2 aliphatic carbocycles. The fourth-order valence-electron chi connectivity index (χ4n) is 4.21. The molecule has 3 nitrogen and oxygen atoms in total. The van der Waals surface area contributed by atoms with Crippen LogP contribution in [-0.4, -0.2) is 35.1 Å². The third kappa shape index (κ3) is 4.70. The number of amides is 1. The molecule has 0 spiro atoms.